The van der Waals surface area contributed by atoms with Crippen molar-refractivity contribution in [2.24, 2.45) is 11.1 Å². The molecular formula is C24H32N8O5S. The molecule has 0 spiro atoms. The van der Waals surface area contributed by atoms with Crippen LogP contribution in [0.4, 0.5) is 0 Å². The molecule has 3 unspecified atom stereocenters. The van der Waals surface area contributed by atoms with Gasteiger partial charge in [-0.1, -0.05) is 30.3 Å². The van der Waals surface area contributed by atoms with Gasteiger partial charge in [-0.25, -0.2) is 0 Å². The molecule has 0 aliphatic carbocycles. The van der Waals surface area contributed by atoms with E-state index in [1.807, 2.05) is 13.8 Å². The van der Waals surface area contributed by atoms with E-state index in [9.17, 15) is 19.2 Å². The first-order valence-corrected chi connectivity index (χ1v) is 13.0. The highest BCUT2D eigenvalue weighted by Gasteiger charge is 2.63. The maximum absolute atomic E-state index is 13.3. The molecule has 4 N–H and O–H groups in total. The minimum absolute atomic E-state index is 0.200. The van der Waals surface area contributed by atoms with Gasteiger partial charge in [0.15, 0.2) is 5.82 Å². The number of nitrogens with zero attached hydrogens (tertiary/aromatic N) is 5. The summed E-state index contributed by atoms with van der Waals surface area (Å²) in [6.45, 7) is 8.67. The van der Waals surface area contributed by atoms with Crippen molar-refractivity contribution in [2.45, 2.75) is 69.6 Å². The van der Waals surface area contributed by atoms with Gasteiger partial charge in [-0.2, -0.15) is 0 Å². The summed E-state index contributed by atoms with van der Waals surface area (Å²) in [6.07, 6.45) is 0. The highest BCUT2D eigenvalue weighted by atomic mass is 32.2. The van der Waals surface area contributed by atoms with E-state index < -0.39 is 46.1 Å². The van der Waals surface area contributed by atoms with Crippen molar-refractivity contribution in [1.82, 2.24) is 35.7 Å². The van der Waals surface area contributed by atoms with Crippen LogP contribution < -0.4 is 16.4 Å². The summed E-state index contributed by atoms with van der Waals surface area (Å²) in [4.78, 5) is 53.3. The highest BCUT2D eigenvalue weighted by molar-refractivity contribution is 8.01. The molecule has 38 heavy (non-hydrogen) atoms. The van der Waals surface area contributed by atoms with Gasteiger partial charge in [-0.3, -0.25) is 19.2 Å². The number of hydrogen-bond donors (Lipinski definition) is 3. The first-order valence-electron chi connectivity index (χ1n) is 12.1. The molecule has 2 fully saturated rings. The van der Waals surface area contributed by atoms with Crippen LogP contribution in [0.1, 0.15) is 58.1 Å². The molecule has 0 saturated carbocycles. The summed E-state index contributed by atoms with van der Waals surface area (Å²) in [5, 5.41) is 17.5. The van der Waals surface area contributed by atoms with E-state index >= 15 is 0 Å². The van der Waals surface area contributed by atoms with Gasteiger partial charge in [0.05, 0.1) is 12.0 Å². The predicted octanol–water partition coefficient (Wildman–Crippen LogP) is 0.256. The lowest BCUT2D eigenvalue weighted by Gasteiger charge is -2.44. The third-order valence-corrected chi connectivity index (χ3v) is 7.83. The van der Waals surface area contributed by atoms with Gasteiger partial charge < -0.3 is 26.0 Å². The van der Waals surface area contributed by atoms with Crippen LogP contribution in [-0.4, -0.2) is 71.5 Å². The number of thioether (sulfide) groups is 1. The Morgan fingerprint density at radius 2 is 1.89 bits per heavy atom. The minimum Gasteiger partial charge on any atom is -0.440 e. The zero-order valence-electron chi connectivity index (χ0n) is 21.9. The second-order valence-corrected chi connectivity index (χ2v) is 12.5. The standard InChI is InChI=1S/C24H32N8O5S/c1-23(2,3)22(36)37-12-31-29-18(28-30-31)17-24(4,5)38-21-16(20(35)32(17)21)27-19(34)15(26-14(33)11-25)13-9-7-6-8-10-13/h6-10,15-17,21H,11-12,25H2,1-5H3,(H,26,33)(H,27,34)/t15?,16?,17?,21-/m1/s1. The fourth-order valence-corrected chi connectivity index (χ4v) is 5.95. The Labute approximate surface area is 224 Å². The zero-order valence-corrected chi connectivity index (χ0v) is 22.7. The third-order valence-electron chi connectivity index (χ3n) is 6.26. The topological polar surface area (TPSA) is 174 Å². The third kappa shape index (κ3) is 5.36. The van der Waals surface area contributed by atoms with Crippen molar-refractivity contribution >= 4 is 35.5 Å². The zero-order chi connectivity index (χ0) is 27.8. The van der Waals surface area contributed by atoms with E-state index in [0.29, 0.717) is 11.4 Å². The Balaban J connectivity index is 1.46. The molecule has 1 aromatic carbocycles. The second kappa shape index (κ2) is 10.3. The molecule has 2 saturated heterocycles. The number of amides is 3. The normalized spacial score (nSPS) is 22.7. The smallest absolute Gasteiger partial charge is 0.313 e. The summed E-state index contributed by atoms with van der Waals surface area (Å²) < 4.78 is 4.75. The maximum Gasteiger partial charge on any atom is 0.313 e. The number of benzene rings is 1. The van der Waals surface area contributed by atoms with E-state index in [0.717, 1.165) is 0 Å². The summed E-state index contributed by atoms with van der Waals surface area (Å²) in [5.41, 5.74) is 5.33. The Morgan fingerprint density at radius 1 is 1.21 bits per heavy atom. The largest absolute Gasteiger partial charge is 0.440 e. The molecule has 1 aromatic heterocycles. The molecule has 2 aliphatic heterocycles. The van der Waals surface area contributed by atoms with Crippen LogP contribution in [0.2, 0.25) is 0 Å². The van der Waals surface area contributed by atoms with Gasteiger partial charge in [0.2, 0.25) is 24.5 Å². The number of esters is 1. The van der Waals surface area contributed by atoms with Crippen LogP contribution in [0.5, 0.6) is 0 Å². The van der Waals surface area contributed by atoms with Crippen molar-refractivity contribution < 1.29 is 23.9 Å². The molecule has 13 nitrogen and oxygen atoms in total. The van der Waals surface area contributed by atoms with Crippen molar-refractivity contribution in [3.8, 4) is 0 Å². The Morgan fingerprint density at radius 3 is 2.53 bits per heavy atom. The van der Waals surface area contributed by atoms with Gasteiger partial charge in [-0.05, 0) is 45.4 Å². The highest BCUT2D eigenvalue weighted by Crippen LogP contribution is 2.56. The summed E-state index contributed by atoms with van der Waals surface area (Å²) in [7, 11) is 0. The molecule has 4 rings (SSSR count). The number of β-lactam (4-membered cyclic amide) rings is 1. The van der Waals surface area contributed by atoms with Crippen LogP contribution in [-0.2, 0) is 30.6 Å². The molecule has 2 aromatic rings. The molecule has 2 aliphatic rings. The number of fused-ring (bicyclic) bond motifs is 1. The SMILES string of the molecule is CC(C)(C)C(=O)OCn1nnc(C2N3C(=O)C(NC(=O)C(NC(=O)CN)c4ccccc4)[C@H]3SC2(C)C)n1. The van der Waals surface area contributed by atoms with Crippen molar-refractivity contribution in [3.63, 3.8) is 0 Å². The van der Waals surface area contributed by atoms with Crippen LogP contribution >= 0.6 is 11.8 Å². The number of ether oxygens (including phenoxy) is 1. The maximum atomic E-state index is 13.3. The molecule has 0 bridgehead atoms. The number of carbonyl (C=O) groups excluding carboxylic acids is 4. The fourth-order valence-electron chi connectivity index (χ4n) is 4.32. The van der Waals surface area contributed by atoms with E-state index in [2.05, 4.69) is 26.0 Å². The molecule has 4 atom stereocenters. The van der Waals surface area contributed by atoms with Crippen LogP contribution in [0, 0.1) is 5.41 Å². The van der Waals surface area contributed by atoms with Crippen LogP contribution in [0.3, 0.4) is 0 Å². The van der Waals surface area contributed by atoms with Crippen molar-refractivity contribution in [1.29, 1.82) is 0 Å². The van der Waals surface area contributed by atoms with E-state index in [1.54, 1.807) is 56.0 Å². The van der Waals surface area contributed by atoms with Gasteiger partial charge in [-0.15, -0.1) is 26.8 Å². The quantitative estimate of drug-likeness (QED) is 0.309. The Bertz CT molecular complexity index is 1230. The number of hydrogen-bond acceptors (Lipinski definition) is 10. The molecular weight excluding hydrogens is 512 g/mol. The second-order valence-electron chi connectivity index (χ2n) is 10.7. The van der Waals surface area contributed by atoms with Gasteiger partial charge in [0, 0.05) is 4.75 Å². The van der Waals surface area contributed by atoms with Crippen LogP contribution in [0.25, 0.3) is 0 Å². The molecule has 204 valence electrons. The lowest BCUT2D eigenvalue weighted by molar-refractivity contribution is -0.158. The molecule has 0 radical (unpaired) electrons. The first kappa shape index (κ1) is 27.5. The van der Waals surface area contributed by atoms with Gasteiger partial charge in [0.1, 0.15) is 23.5 Å². The molecule has 3 heterocycles. The monoisotopic (exact) mass is 544 g/mol. The number of tetrazole rings is 1. The summed E-state index contributed by atoms with van der Waals surface area (Å²) >= 11 is 1.51. The summed E-state index contributed by atoms with van der Waals surface area (Å²) in [6, 6.07) is 6.44. The Hall–Kier alpha value is -3.52. The fraction of sp³-hybridized carbons (Fsp3) is 0.542. The van der Waals surface area contributed by atoms with E-state index in [1.165, 1.54) is 16.6 Å². The molecule has 3 amide bonds. The van der Waals surface area contributed by atoms with Crippen LogP contribution in [0.15, 0.2) is 30.3 Å². The van der Waals surface area contributed by atoms with E-state index in [-0.39, 0.29) is 24.6 Å². The first-order chi connectivity index (χ1) is 17.8. The predicted molar refractivity (Wildman–Crippen MR) is 137 cm³/mol. The number of rotatable bonds is 8. The number of nitrogens with one attached hydrogen (secondary N) is 2. The number of carbonyl (C=O) groups is 4. The van der Waals surface area contributed by atoms with Crippen molar-refractivity contribution in [3.05, 3.63) is 41.7 Å². The number of nitrogens with two attached hydrogens (primary N) is 1. The lowest BCUT2D eigenvalue weighted by atomic mass is 9.95. The minimum atomic E-state index is -0.998. The average Bonchev–Trinajstić information content (AvgIpc) is 3.43. The molecule has 14 heteroatoms. The van der Waals surface area contributed by atoms with Gasteiger partial charge in [0.25, 0.3) is 0 Å². The Kier molecular flexibility index (Phi) is 7.48. The van der Waals surface area contributed by atoms with Crippen molar-refractivity contribution in [2.75, 3.05) is 6.54 Å². The summed E-state index contributed by atoms with van der Waals surface area (Å²) in [5.74, 6) is -1.38. The number of aromatic nitrogens is 4. The van der Waals surface area contributed by atoms with E-state index in [4.69, 9.17) is 10.5 Å². The lowest BCUT2D eigenvalue weighted by Crippen LogP contribution is -2.68. The average molecular weight is 545 g/mol. The van der Waals surface area contributed by atoms with Gasteiger partial charge >= 0.3 is 5.97 Å².